The van der Waals surface area contributed by atoms with Crippen LogP contribution < -0.4 is 5.32 Å². The Morgan fingerprint density at radius 2 is 1.75 bits per heavy atom. The zero-order valence-corrected chi connectivity index (χ0v) is 14.8. The standard InChI is InChI=1S/C15H13BrCl3N/c1-8-5-12(16)15(7-14(8)19)20-9(2)11-6-10(17)3-4-13(11)18/h3-7,9,20H,1-2H3. The number of anilines is 1. The predicted molar refractivity (Wildman–Crippen MR) is 92.4 cm³/mol. The molecular formula is C15H13BrCl3N. The molecule has 0 saturated heterocycles. The van der Waals surface area contributed by atoms with E-state index in [9.17, 15) is 0 Å². The molecule has 0 aliphatic carbocycles. The summed E-state index contributed by atoms with van der Waals surface area (Å²) < 4.78 is 0.962. The maximum absolute atomic E-state index is 6.22. The molecule has 20 heavy (non-hydrogen) atoms. The Kier molecular flexibility index (Phi) is 5.25. The van der Waals surface area contributed by atoms with Crippen molar-refractivity contribution in [1.29, 1.82) is 0 Å². The van der Waals surface area contributed by atoms with E-state index in [1.54, 1.807) is 12.1 Å². The molecule has 0 radical (unpaired) electrons. The topological polar surface area (TPSA) is 12.0 Å². The summed E-state index contributed by atoms with van der Waals surface area (Å²) in [7, 11) is 0. The number of nitrogens with one attached hydrogen (secondary N) is 1. The van der Waals surface area contributed by atoms with Crippen LogP contribution in [0, 0.1) is 6.92 Å². The summed E-state index contributed by atoms with van der Waals surface area (Å²) in [5, 5.41) is 5.46. The van der Waals surface area contributed by atoms with Gasteiger partial charge in [-0.2, -0.15) is 0 Å². The first-order valence-corrected chi connectivity index (χ1v) is 7.98. The maximum Gasteiger partial charge on any atom is 0.0504 e. The fraction of sp³-hybridized carbons (Fsp3) is 0.200. The number of halogens is 4. The highest BCUT2D eigenvalue weighted by Gasteiger charge is 2.12. The summed E-state index contributed by atoms with van der Waals surface area (Å²) in [5.41, 5.74) is 2.89. The van der Waals surface area contributed by atoms with Gasteiger partial charge in [0.05, 0.1) is 11.7 Å². The summed E-state index contributed by atoms with van der Waals surface area (Å²) in [4.78, 5) is 0. The van der Waals surface area contributed by atoms with Gasteiger partial charge in [-0.15, -0.1) is 0 Å². The fourth-order valence-corrected chi connectivity index (χ4v) is 3.11. The lowest BCUT2D eigenvalue weighted by Gasteiger charge is -2.19. The Morgan fingerprint density at radius 3 is 2.45 bits per heavy atom. The van der Waals surface area contributed by atoms with Gasteiger partial charge in [0.1, 0.15) is 0 Å². The normalized spacial score (nSPS) is 12.3. The molecule has 2 aromatic carbocycles. The van der Waals surface area contributed by atoms with E-state index in [0.717, 1.165) is 26.3 Å². The first-order valence-electron chi connectivity index (χ1n) is 6.05. The third-order valence-electron chi connectivity index (χ3n) is 3.04. The molecule has 2 rings (SSSR count). The average molecular weight is 394 g/mol. The van der Waals surface area contributed by atoms with Crippen molar-refractivity contribution >= 4 is 56.4 Å². The summed E-state index contributed by atoms with van der Waals surface area (Å²) in [5.74, 6) is 0. The van der Waals surface area contributed by atoms with E-state index in [-0.39, 0.29) is 6.04 Å². The van der Waals surface area contributed by atoms with E-state index in [0.29, 0.717) is 10.0 Å². The molecule has 5 heteroatoms. The van der Waals surface area contributed by atoms with Crippen LogP contribution in [0.3, 0.4) is 0 Å². The van der Waals surface area contributed by atoms with Crippen LogP contribution in [-0.4, -0.2) is 0 Å². The first kappa shape index (κ1) is 16.0. The minimum absolute atomic E-state index is 0.0104. The van der Waals surface area contributed by atoms with Crippen LogP contribution in [0.2, 0.25) is 15.1 Å². The highest BCUT2D eigenvalue weighted by atomic mass is 79.9. The molecule has 2 aromatic rings. The SMILES string of the molecule is Cc1cc(Br)c(NC(C)c2cc(Cl)ccc2Cl)cc1Cl. The first-order chi connectivity index (χ1) is 9.38. The molecule has 0 saturated carbocycles. The Bertz CT molecular complexity index is 643. The molecule has 1 unspecified atom stereocenters. The third kappa shape index (κ3) is 3.62. The summed E-state index contributed by atoms with van der Waals surface area (Å²) in [6, 6.07) is 9.34. The van der Waals surface area contributed by atoms with Gasteiger partial charge in [-0.3, -0.25) is 0 Å². The molecule has 0 amide bonds. The minimum atomic E-state index is 0.0104. The van der Waals surface area contributed by atoms with Crippen molar-refractivity contribution in [2.24, 2.45) is 0 Å². The monoisotopic (exact) mass is 391 g/mol. The van der Waals surface area contributed by atoms with E-state index < -0.39 is 0 Å². The molecule has 0 aromatic heterocycles. The van der Waals surface area contributed by atoms with Crippen molar-refractivity contribution in [3.8, 4) is 0 Å². The highest BCUT2D eigenvalue weighted by Crippen LogP contribution is 2.34. The molecule has 0 heterocycles. The largest absolute Gasteiger partial charge is 0.378 e. The molecule has 1 nitrogen and oxygen atoms in total. The molecule has 0 bridgehead atoms. The van der Waals surface area contributed by atoms with Crippen molar-refractivity contribution < 1.29 is 0 Å². The van der Waals surface area contributed by atoms with E-state index in [1.807, 2.05) is 32.0 Å². The van der Waals surface area contributed by atoms with Gasteiger partial charge in [0.25, 0.3) is 0 Å². The van der Waals surface area contributed by atoms with Crippen molar-refractivity contribution in [2.45, 2.75) is 19.9 Å². The zero-order valence-electron chi connectivity index (χ0n) is 11.0. The lowest BCUT2D eigenvalue weighted by molar-refractivity contribution is 0.884. The number of hydrogen-bond donors (Lipinski definition) is 1. The van der Waals surface area contributed by atoms with Gasteiger partial charge in [-0.05, 0) is 71.2 Å². The number of rotatable bonds is 3. The van der Waals surface area contributed by atoms with Crippen LogP contribution in [-0.2, 0) is 0 Å². The molecule has 106 valence electrons. The zero-order chi connectivity index (χ0) is 14.9. The predicted octanol–water partition coefficient (Wildman–Crippen LogP) is 6.89. The van der Waals surface area contributed by atoms with Gasteiger partial charge < -0.3 is 5.32 Å². The summed E-state index contributed by atoms with van der Waals surface area (Å²) in [6.45, 7) is 3.99. The van der Waals surface area contributed by atoms with E-state index >= 15 is 0 Å². The van der Waals surface area contributed by atoms with Crippen molar-refractivity contribution in [3.05, 3.63) is 61.0 Å². The molecule has 0 fully saturated rings. The van der Waals surface area contributed by atoms with Crippen LogP contribution in [0.5, 0.6) is 0 Å². The smallest absolute Gasteiger partial charge is 0.0504 e. The molecule has 1 N–H and O–H groups in total. The van der Waals surface area contributed by atoms with Crippen LogP contribution in [0.1, 0.15) is 24.1 Å². The van der Waals surface area contributed by atoms with Crippen molar-refractivity contribution in [1.82, 2.24) is 0 Å². The van der Waals surface area contributed by atoms with E-state index in [2.05, 4.69) is 21.2 Å². The van der Waals surface area contributed by atoms with Gasteiger partial charge in [-0.25, -0.2) is 0 Å². The molecule has 0 aliphatic heterocycles. The lowest BCUT2D eigenvalue weighted by atomic mass is 10.1. The second kappa shape index (κ2) is 6.57. The maximum atomic E-state index is 6.22. The average Bonchev–Trinajstić information content (AvgIpc) is 2.38. The van der Waals surface area contributed by atoms with Crippen molar-refractivity contribution in [3.63, 3.8) is 0 Å². The Balaban J connectivity index is 2.30. The Labute approximate surface area is 142 Å². The molecule has 0 aliphatic rings. The Hall–Kier alpha value is -0.410. The number of benzene rings is 2. The van der Waals surface area contributed by atoms with Crippen LogP contribution in [0.25, 0.3) is 0 Å². The van der Waals surface area contributed by atoms with Crippen LogP contribution in [0.4, 0.5) is 5.69 Å². The second-order valence-electron chi connectivity index (χ2n) is 4.61. The third-order valence-corrected chi connectivity index (χ3v) is 4.69. The van der Waals surface area contributed by atoms with E-state index in [1.165, 1.54) is 0 Å². The second-order valence-corrected chi connectivity index (χ2v) is 6.72. The fourth-order valence-electron chi connectivity index (χ4n) is 1.91. The van der Waals surface area contributed by atoms with Crippen molar-refractivity contribution in [2.75, 3.05) is 5.32 Å². The summed E-state index contributed by atoms with van der Waals surface area (Å²) >= 11 is 21.9. The van der Waals surface area contributed by atoms with Gasteiger partial charge in [0, 0.05) is 19.5 Å². The molecule has 1 atom stereocenters. The lowest BCUT2D eigenvalue weighted by Crippen LogP contribution is -2.08. The summed E-state index contributed by atoms with van der Waals surface area (Å²) in [6.07, 6.45) is 0. The van der Waals surface area contributed by atoms with Gasteiger partial charge in [0.2, 0.25) is 0 Å². The quantitative estimate of drug-likeness (QED) is 0.598. The highest BCUT2D eigenvalue weighted by molar-refractivity contribution is 9.10. The minimum Gasteiger partial charge on any atom is -0.378 e. The molecule has 0 spiro atoms. The number of hydrogen-bond acceptors (Lipinski definition) is 1. The molecular weight excluding hydrogens is 380 g/mol. The van der Waals surface area contributed by atoms with E-state index in [4.69, 9.17) is 34.8 Å². The van der Waals surface area contributed by atoms with Gasteiger partial charge in [-0.1, -0.05) is 34.8 Å². The van der Waals surface area contributed by atoms with Crippen LogP contribution >= 0.6 is 50.7 Å². The number of aryl methyl sites for hydroxylation is 1. The van der Waals surface area contributed by atoms with Gasteiger partial charge >= 0.3 is 0 Å². The Morgan fingerprint density at radius 1 is 1.05 bits per heavy atom. The van der Waals surface area contributed by atoms with Crippen LogP contribution in [0.15, 0.2) is 34.8 Å². The van der Waals surface area contributed by atoms with Gasteiger partial charge in [0.15, 0.2) is 0 Å².